The van der Waals surface area contributed by atoms with Crippen molar-refractivity contribution in [2.24, 2.45) is 5.92 Å². The van der Waals surface area contributed by atoms with Crippen LogP contribution in [-0.4, -0.2) is 35.0 Å². The Morgan fingerprint density at radius 1 is 1.44 bits per heavy atom. The molecule has 0 aliphatic carbocycles. The molecule has 1 atom stereocenters. The molecule has 0 bridgehead atoms. The van der Waals surface area contributed by atoms with Crippen molar-refractivity contribution in [3.05, 3.63) is 34.1 Å². The van der Waals surface area contributed by atoms with Crippen molar-refractivity contribution in [2.75, 3.05) is 13.1 Å². The number of nitrogens with zero attached hydrogens (tertiary/aromatic N) is 1. The van der Waals surface area contributed by atoms with E-state index in [9.17, 15) is 14.0 Å². The lowest BCUT2D eigenvalue weighted by molar-refractivity contribution is -0.141. The van der Waals surface area contributed by atoms with Crippen molar-refractivity contribution in [1.82, 2.24) is 4.90 Å². The van der Waals surface area contributed by atoms with Crippen LogP contribution in [0.3, 0.4) is 0 Å². The second-order valence-electron chi connectivity index (χ2n) is 4.20. The minimum absolute atomic E-state index is 0.0320. The molecule has 1 N–H and O–H groups in total. The van der Waals surface area contributed by atoms with Crippen molar-refractivity contribution in [1.29, 1.82) is 0 Å². The molecule has 2 rings (SSSR count). The lowest BCUT2D eigenvalue weighted by Crippen LogP contribution is -2.30. The predicted molar refractivity (Wildman–Crippen MR) is 65.7 cm³/mol. The Kier molecular flexibility index (Phi) is 3.65. The van der Waals surface area contributed by atoms with Gasteiger partial charge in [-0.15, -0.1) is 0 Å². The highest BCUT2D eigenvalue weighted by atomic mass is 79.9. The van der Waals surface area contributed by atoms with Crippen molar-refractivity contribution >= 4 is 27.8 Å². The Balaban J connectivity index is 2.17. The first-order chi connectivity index (χ1) is 8.49. The third-order valence-electron chi connectivity index (χ3n) is 2.98. The zero-order chi connectivity index (χ0) is 13.3. The molecule has 1 heterocycles. The Hall–Kier alpha value is -1.43. The molecular weight excluding hydrogens is 305 g/mol. The molecule has 0 spiro atoms. The molecular formula is C12H11BrFNO3. The van der Waals surface area contributed by atoms with Crippen LogP contribution in [0.1, 0.15) is 16.8 Å². The normalized spacial score (nSPS) is 19.0. The summed E-state index contributed by atoms with van der Waals surface area (Å²) in [4.78, 5) is 24.2. The van der Waals surface area contributed by atoms with Gasteiger partial charge in [0.2, 0.25) is 0 Å². The summed E-state index contributed by atoms with van der Waals surface area (Å²) in [6.07, 6.45) is 0.413. The number of aliphatic carboxylic acids is 1. The summed E-state index contributed by atoms with van der Waals surface area (Å²) >= 11 is 3.18. The molecule has 18 heavy (non-hydrogen) atoms. The Morgan fingerprint density at radius 3 is 2.78 bits per heavy atom. The molecule has 0 saturated carbocycles. The number of carbonyl (C=O) groups is 2. The van der Waals surface area contributed by atoms with Crippen LogP contribution < -0.4 is 0 Å². The van der Waals surface area contributed by atoms with Gasteiger partial charge < -0.3 is 10.0 Å². The molecule has 6 heteroatoms. The standard InChI is InChI=1S/C12H11BrFNO3/c13-8-1-2-10(14)9(5-8)11(16)15-4-3-7(6-15)12(17)18/h1-2,5,7H,3-4,6H2,(H,17,18). The van der Waals surface area contributed by atoms with Crippen LogP contribution in [-0.2, 0) is 4.79 Å². The van der Waals surface area contributed by atoms with E-state index in [1.54, 1.807) is 0 Å². The maximum atomic E-state index is 13.5. The highest BCUT2D eigenvalue weighted by Crippen LogP contribution is 2.22. The number of amides is 1. The second kappa shape index (κ2) is 5.06. The van der Waals surface area contributed by atoms with Crippen LogP contribution in [0.2, 0.25) is 0 Å². The van der Waals surface area contributed by atoms with E-state index >= 15 is 0 Å². The van der Waals surface area contributed by atoms with E-state index in [4.69, 9.17) is 5.11 Å². The maximum absolute atomic E-state index is 13.5. The fourth-order valence-corrected chi connectivity index (χ4v) is 2.34. The van der Waals surface area contributed by atoms with E-state index in [0.717, 1.165) is 0 Å². The zero-order valence-corrected chi connectivity index (χ0v) is 11.0. The second-order valence-corrected chi connectivity index (χ2v) is 5.11. The number of hydrogen-bond acceptors (Lipinski definition) is 2. The van der Waals surface area contributed by atoms with Gasteiger partial charge in [0.15, 0.2) is 0 Å². The number of carboxylic acid groups (broad SMARTS) is 1. The fraction of sp³-hybridized carbons (Fsp3) is 0.333. The molecule has 0 radical (unpaired) electrons. The van der Waals surface area contributed by atoms with Gasteiger partial charge in [-0.25, -0.2) is 4.39 Å². The molecule has 1 fully saturated rings. The number of hydrogen-bond donors (Lipinski definition) is 1. The summed E-state index contributed by atoms with van der Waals surface area (Å²) in [5, 5.41) is 8.86. The van der Waals surface area contributed by atoms with Crippen molar-refractivity contribution < 1.29 is 19.1 Å². The summed E-state index contributed by atoms with van der Waals surface area (Å²) < 4.78 is 14.2. The third kappa shape index (κ3) is 2.53. The van der Waals surface area contributed by atoms with Crippen LogP contribution in [0, 0.1) is 11.7 Å². The molecule has 96 valence electrons. The molecule has 1 aromatic rings. The van der Waals surface area contributed by atoms with E-state index in [1.807, 2.05) is 0 Å². The largest absolute Gasteiger partial charge is 0.481 e. The average molecular weight is 316 g/mol. The van der Waals surface area contributed by atoms with Gasteiger partial charge in [-0.1, -0.05) is 15.9 Å². The van der Waals surface area contributed by atoms with Crippen molar-refractivity contribution in [3.8, 4) is 0 Å². The number of carboxylic acids is 1. The smallest absolute Gasteiger partial charge is 0.308 e. The lowest BCUT2D eigenvalue weighted by Gasteiger charge is -2.16. The summed E-state index contributed by atoms with van der Waals surface area (Å²) in [7, 11) is 0. The highest BCUT2D eigenvalue weighted by molar-refractivity contribution is 9.10. The molecule has 1 saturated heterocycles. The number of rotatable bonds is 2. The molecule has 0 aromatic heterocycles. The summed E-state index contributed by atoms with van der Waals surface area (Å²) in [5.41, 5.74) is -0.0320. The molecule has 1 aliphatic rings. The lowest BCUT2D eigenvalue weighted by atomic mass is 10.1. The molecule has 1 unspecified atom stereocenters. The van der Waals surface area contributed by atoms with Crippen LogP contribution >= 0.6 is 15.9 Å². The maximum Gasteiger partial charge on any atom is 0.308 e. The number of halogens is 2. The molecule has 1 aromatic carbocycles. The van der Waals surface area contributed by atoms with Crippen LogP contribution in [0.25, 0.3) is 0 Å². The first kappa shape index (κ1) is 13.0. The minimum Gasteiger partial charge on any atom is -0.481 e. The van der Waals surface area contributed by atoms with Gasteiger partial charge in [0.25, 0.3) is 5.91 Å². The number of likely N-dealkylation sites (tertiary alicyclic amines) is 1. The van der Waals surface area contributed by atoms with Crippen LogP contribution in [0.4, 0.5) is 4.39 Å². The van der Waals surface area contributed by atoms with Gasteiger partial charge in [-0.2, -0.15) is 0 Å². The van der Waals surface area contributed by atoms with E-state index in [-0.39, 0.29) is 12.1 Å². The Morgan fingerprint density at radius 2 is 2.17 bits per heavy atom. The van der Waals surface area contributed by atoms with Gasteiger partial charge in [0.1, 0.15) is 5.82 Å². The number of carbonyl (C=O) groups excluding carboxylic acids is 1. The van der Waals surface area contributed by atoms with Crippen LogP contribution in [0.15, 0.2) is 22.7 Å². The Bertz CT molecular complexity index is 506. The summed E-state index contributed by atoms with van der Waals surface area (Å²) in [5.74, 6) is -2.52. The van der Waals surface area contributed by atoms with E-state index in [0.29, 0.717) is 17.4 Å². The van der Waals surface area contributed by atoms with Crippen LogP contribution in [0.5, 0.6) is 0 Å². The topological polar surface area (TPSA) is 57.6 Å². The first-order valence-electron chi connectivity index (χ1n) is 5.46. The van der Waals surface area contributed by atoms with Gasteiger partial charge in [0, 0.05) is 17.6 Å². The van der Waals surface area contributed by atoms with E-state index in [2.05, 4.69) is 15.9 Å². The van der Waals surface area contributed by atoms with Crippen molar-refractivity contribution in [2.45, 2.75) is 6.42 Å². The SMILES string of the molecule is O=C(O)C1CCN(C(=O)c2cc(Br)ccc2F)C1. The third-order valence-corrected chi connectivity index (χ3v) is 3.48. The fourth-order valence-electron chi connectivity index (χ4n) is 1.98. The van der Waals surface area contributed by atoms with Gasteiger partial charge >= 0.3 is 5.97 Å². The minimum atomic E-state index is -0.917. The zero-order valence-electron chi connectivity index (χ0n) is 9.40. The number of benzene rings is 1. The Labute approximate surface area is 112 Å². The average Bonchev–Trinajstić information content (AvgIpc) is 2.81. The quantitative estimate of drug-likeness (QED) is 0.909. The van der Waals surface area contributed by atoms with E-state index in [1.165, 1.54) is 23.1 Å². The first-order valence-corrected chi connectivity index (χ1v) is 6.25. The highest BCUT2D eigenvalue weighted by Gasteiger charge is 2.32. The monoisotopic (exact) mass is 315 g/mol. The van der Waals surface area contributed by atoms with Gasteiger partial charge in [0.05, 0.1) is 11.5 Å². The summed E-state index contributed by atoms with van der Waals surface area (Å²) in [6.45, 7) is 0.488. The summed E-state index contributed by atoms with van der Waals surface area (Å²) in [6, 6.07) is 4.13. The molecule has 1 aliphatic heterocycles. The molecule has 1 amide bonds. The van der Waals surface area contributed by atoms with Crippen molar-refractivity contribution in [3.63, 3.8) is 0 Å². The molecule has 4 nitrogen and oxygen atoms in total. The van der Waals surface area contributed by atoms with Gasteiger partial charge in [-0.3, -0.25) is 9.59 Å². The predicted octanol–water partition coefficient (Wildman–Crippen LogP) is 2.13. The van der Waals surface area contributed by atoms with Gasteiger partial charge in [-0.05, 0) is 24.6 Å². The van der Waals surface area contributed by atoms with E-state index < -0.39 is 23.6 Å².